The fraction of sp³-hybridized carbons (Fsp3) is 0.552. The van der Waals surface area contributed by atoms with Crippen LogP contribution in [0.4, 0.5) is 10.6 Å². The summed E-state index contributed by atoms with van der Waals surface area (Å²) in [5.41, 5.74) is 4.91. The molecule has 1 aromatic carbocycles. The Morgan fingerprint density at radius 2 is 1.97 bits per heavy atom. The molecule has 36 heavy (non-hydrogen) atoms. The number of aryl methyl sites for hydroxylation is 2. The van der Waals surface area contributed by atoms with Crippen molar-refractivity contribution < 1.29 is 9.53 Å². The summed E-state index contributed by atoms with van der Waals surface area (Å²) in [5, 5.41) is 0.810. The van der Waals surface area contributed by atoms with Gasteiger partial charge in [0.15, 0.2) is 0 Å². The third-order valence-electron chi connectivity index (χ3n) is 6.65. The van der Waals surface area contributed by atoms with E-state index in [9.17, 15) is 4.79 Å². The summed E-state index contributed by atoms with van der Waals surface area (Å²) in [6.45, 7) is 12.8. The van der Waals surface area contributed by atoms with Gasteiger partial charge in [-0.15, -0.1) is 0 Å². The Balaban J connectivity index is 0.000000383. The molecule has 2 fully saturated rings. The highest BCUT2D eigenvalue weighted by Crippen LogP contribution is 2.45. The number of piperazine rings is 1. The smallest absolute Gasteiger partial charge is 0.409 e. The maximum atomic E-state index is 12.1. The fourth-order valence-electron chi connectivity index (χ4n) is 4.60. The Morgan fingerprint density at radius 3 is 2.56 bits per heavy atom. The Labute approximate surface area is 221 Å². The molecule has 1 aromatic heterocycles. The van der Waals surface area contributed by atoms with Crippen LogP contribution in [0.15, 0.2) is 36.7 Å². The van der Waals surface area contributed by atoms with Gasteiger partial charge in [-0.3, -0.25) is 0 Å². The molecule has 2 aromatic rings. The molecule has 1 aliphatic carbocycles. The van der Waals surface area contributed by atoms with Gasteiger partial charge in [-0.25, -0.2) is 14.8 Å². The van der Waals surface area contributed by atoms with E-state index in [-0.39, 0.29) is 12.1 Å². The molecule has 4 rings (SSSR count). The average Bonchev–Trinajstić information content (AvgIpc) is 3.68. The first-order chi connectivity index (χ1) is 17.3. The highest BCUT2D eigenvalue weighted by molar-refractivity contribution is 6.30. The molecule has 6 nitrogen and oxygen atoms in total. The van der Waals surface area contributed by atoms with Gasteiger partial charge in [-0.1, -0.05) is 49.6 Å². The summed E-state index contributed by atoms with van der Waals surface area (Å²) in [4.78, 5) is 25.5. The SMILES string of the molecule is CCCC/C=C(\c1c(C)ncnc1N1CCN(C(=O)OCC)CC1C)C1CC1.Cc1cccc(Cl)c1. The van der Waals surface area contributed by atoms with Crippen molar-refractivity contribution in [3.8, 4) is 0 Å². The molecule has 0 radical (unpaired) electrons. The third-order valence-corrected chi connectivity index (χ3v) is 6.89. The summed E-state index contributed by atoms with van der Waals surface area (Å²) >= 11 is 5.64. The zero-order valence-corrected chi connectivity index (χ0v) is 23.2. The van der Waals surface area contributed by atoms with E-state index in [0.29, 0.717) is 25.6 Å². The molecule has 2 heterocycles. The normalized spacial score (nSPS) is 17.9. The molecule has 1 saturated carbocycles. The van der Waals surface area contributed by atoms with Crippen LogP contribution in [0.5, 0.6) is 0 Å². The second kappa shape index (κ2) is 13.6. The highest BCUT2D eigenvalue weighted by atomic mass is 35.5. The molecule has 1 saturated heterocycles. The summed E-state index contributed by atoms with van der Waals surface area (Å²) < 4.78 is 5.18. The standard InChI is InChI=1S/C22H34N4O2.C7H7Cl/c1-5-7-8-9-19(18-10-11-18)20-17(4)23-15-24-21(20)26-13-12-25(14-16(26)3)22(27)28-6-2;1-6-3-2-4-7(8)5-6/h9,15-16,18H,5-8,10-14H2,1-4H3;2-5H,1H3/b19-9-;. The first-order valence-electron chi connectivity index (χ1n) is 13.3. The number of rotatable bonds is 7. The van der Waals surface area contributed by atoms with Crippen molar-refractivity contribution in [1.29, 1.82) is 0 Å². The third kappa shape index (κ3) is 7.70. The maximum absolute atomic E-state index is 12.1. The van der Waals surface area contributed by atoms with Crippen LogP contribution in [0, 0.1) is 19.8 Å². The Morgan fingerprint density at radius 1 is 1.19 bits per heavy atom. The first kappa shape index (κ1) is 28.0. The van der Waals surface area contributed by atoms with Crippen LogP contribution in [0.25, 0.3) is 5.57 Å². The van der Waals surface area contributed by atoms with Crippen molar-refractivity contribution in [2.24, 2.45) is 5.92 Å². The van der Waals surface area contributed by atoms with Crippen molar-refractivity contribution in [2.75, 3.05) is 31.1 Å². The van der Waals surface area contributed by atoms with E-state index in [1.165, 1.54) is 42.4 Å². The first-order valence-corrected chi connectivity index (χ1v) is 13.7. The Hall–Kier alpha value is -2.60. The molecule has 1 atom stereocenters. The number of unbranched alkanes of at least 4 members (excludes halogenated alkanes) is 2. The van der Waals surface area contributed by atoms with Crippen molar-refractivity contribution in [2.45, 2.75) is 72.8 Å². The van der Waals surface area contributed by atoms with Crippen molar-refractivity contribution in [3.05, 3.63) is 58.5 Å². The van der Waals surface area contributed by atoms with Crippen LogP contribution in [0.3, 0.4) is 0 Å². The van der Waals surface area contributed by atoms with Gasteiger partial charge in [0.05, 0.1) is 12.3 Å². The van der Waals surface area contributed by atoms with Gasteiger partial charge in [-0.2, -0.15) is 0 Å². The van der Waals surface area contributed by atoms with Gasteiger partial charge in [0.1, 0.15) is 12.1 Å². The lowest BCUT2D eigenvalue weighted by Gasteiger charge is -2.40. The molecular weight excluding hydrogens is 472 g/mol. The molecule has 7 heteroatoms. The number of halogens is 1. The number of amides is 1. The molecule has 2 aliphatic rings. The van der Waals surface area contributed by atoms with E-state index in [2.05, 4.69) is 36.7 Å². The molecule has 0 bridgehead atoms. The highest BCUT2D eigenvalue weighted by Gasteiger charge is 2.34. The molecule has 1 aliphatic heterocycles. The number of carbonyl (C=O) groups is 1. The van der Waals surface area contributed by atoms with E-state index in [0.717, 1.165) is 29.5 Å². The quantitative estimate of drug-likeness (QED) is 0.371. The van der Waals surface area contributed by atoms with Gasteiger partial charge >= 0.3 is 6.09 Å². The summed E-state index contributed by atoms with van der Waals surface area (Å²) in [5.74, 6) is 1.68. The van der Waals surface area contributed by atoms with E-state index in [4.69, 9.17) is 21.3 Å². The van der Waals surface area contributed by atoms with Crippen LogP contribution >= 0.6 is 11.6 Å². The number of anilines is 1. The predicted octanol–water partition coefficient (Wildman–Crippen LogP) is 7.08. The topological polar surface area (TPSA) is 58.6 Å². The number of hydrogen-bond acceptors (Lipinski definition) is 5. The molecule has 0 spiro atoms. The predicted molar refractivity (Wildman–Crippen MR) is 149 cm³/mol. The molecule has 1 amide bonds. The monoisotopic (exact) mass is 512 g/mol. The van der Waals surface area contributed by atoms with Crippen molar-refractivity contribution >= 4 is 29.1 Å². The Kier molecular flexibility index (Phi) is 10.6. The Bertz CT molecular complexity index is 1020. The number of allylic oxidation sites excluding steroid dienone is 2. The number of benzene rings is 1. The van der Waals surface area contributed by atoms with Crippen LogP contribution in [-0.2, 0) is 4.74 Å². The van der Waals surface area contributed by atoms with Gasteiger partial charge in [0.2, 0.25) is 0 Å². The molecule has 1 unspecified atom stereocenters. The lowest BCUT2D eigenvalue weighted by Crippen LogP contribution is -2.54. The largest absolute Gasteiger partial charge is 0.450 e. The lowest BCUT2D eigenvalue weighted by molar-refractivity contribution is 0.100. The van der Waals surface area contributed by atoms with Gasteiger partial charge in [0, 0.05) is 36.3 Å². The lowest BCUT2D eigenvalue weighted by atomic mass is 9.97. The number of aromatic nitrogens is 2. The van der Waals surface area contributed by atoms with Gasteiger partial charge in [0.25, 0.3) is 0 Å². The van der Waals surface area contributed by atoms with Crippen LogP contribution < -0.4 is 4.90 Å². The van der Waals surface area contributed by atoms with Crippen molar-refractivity contribution in [3.63, 3.8) is 0 Å². The van der Waals surface area contributed by atoms with Crippen molar-refractivity contribution in [1.82, 2.24) is 14.9 Å². The molecule has 196 valence electrons. The summed E-state index contributed by atoms with van der Waals surface area (Å²) in [6, 6.07) is 7.95. The minimum atomic E-state index is -0.216. The zero-order chi connectivity index (χ0) is 26.1. The van der Waals surface area contributed by atoms with Crippen LogP contribution in [-0.4, -0.2) is 53.2 Å². The minimum absolute atomic E-state index is 0.183. The van der Waals surface area contributed by atoms with E-state index < -0.39 is 0 Å². The summed E-state index contributed by atoms with van der Waals surface area (Å²) in [7, 11) is 0. The summed E-state index contributed by atoms with van der Waals surface area (Å²) in [6.07, 6.45) is 9.94. The number of carbonyl (C=O) groups excluding carboxylic acids is 1. The van der Waals surface area contributed by atoms with Gasteiger partial charge in [-0.05, 0) is 76.1 Å². The second-order valence-corrected chi connectivity index (χ2v) is 10.2. The second-order valence-electron chi connectivity index (χ2n) is 9.72. The molecular formula is C29H41ClN4O2. The van der Waals surface area contributed by atoms with E-state index in [1.54, 1.807) is 11.2 Å². The number of ether oxygens (including phenoxy) is 1. The minimum Gasteiger partial charge on any atom is -0.450 e. The number of hydrogen-bond donors (Lipinski definition) is 0. The fourth-order valence-corrected chi connectivity index (χ4v) is 4.85. The van der Waals surface area contributed by atoms with Crippen LogP contribution in [0.1, 0.15) is 69.7 Å². The molecule has 0 N–H and O–H groups in total. The van der Waals surface area contributed by atoms with E-state index in [1.807, 2.05) is 38.1 Å². The average molecular weight is 513 g/mol. The maximum Gasteiger partial charge on any atom is 0.409 e. The van der Waals surface area contributed by atoms with E-state index >= 15 is 0 Å². The van der Waals surface area contributed by atoms with Crippen LogP contribution in [0.2, 0.25) is 5.02 Å². The number of nitrogens with zero attached hydrogens (tertiary/aromatic N) is 4. The van der Waals surface area contributed by atoms with Gasteiger partial charge < -0.3 is 14.5 Å². The zero-order valence-electron chi connectivity index (χ0n) is 22.5.